The van der Waals surface area contributed by atoms with Crippen LogP contribution >= 0.6 is 0 Å². The first-order valence-electron chi connectivity index (χ1n) is 5.96. The van der Waals surface area contributed by atoms with Crippen molar-refractivity contribution in [2.24, 2.45) is 5.73 Å². The van der Waals surface area contributed by atoms with Crippen molar-refractivity contribution in [2.75, 3.05) is 12.4 Å². The Morgan fingerprint density at radius 1 is 1.20 bits per heavy atom. The summed E-state index contributed by atoms with van der Waals surface area (Å²) in [5.74, 6) is -0.401. The molecule has 0 spiro atoms. The van der Waals surface area contributed by atoms with Crippen molar-refractivity contribution in [1.29, 1.82) is 0 Å². The number of anilines is 2. The fourth-order valence-corrected chi connectivity index (χ4v) is 1.72. The third kappa shape index (κ3) is 2.92. The van der Waals surface area contributed by atoms with Crippen molar-refractivity contribution in [2.45, 2.75) is 0 Å². The highest BCUT2D eigenvalue weighted by molar-refractivity contribution is 5.98. The monoisotopic (exact) mass is 270 g/mol. The number of primary amides is 1. The van der Waals surface area contributed by atoms with Gasteiger partial charge in [0, 0.05) is 24.5 Å². The minimum atomic E-state index is -0.567. The van der Waals surface area contributed by atoms with Gasteiger partial charge in [-0.25, -0.2) is 4.98 Å². The normalized spacial score (nSPS) is 9.85. The van der Waals surface area contributed by atoms with Crippen LogP contribution in [0.4, 0.5) is 11.5 Å². The second-order valence-electron chi connectivity index (χ2n) is 4.05. The summed E-state index contributed by atoms with van der Waals surface area (Å²) in [4.78, 5) is 27.0. The van der Waals surface area contributed by atoms with E-state index >= 15 is 0 Å². The average molecular weight is 270 g/mol. The van der Waals surface area contributed by atoms with Gasteiger partial charge in [-0.15, -0.1) is 0 Å². The molecule has 0 atom stereocenters. The smallest absolute Gasteiger partial charge is 0.252 e. The fraction of sp³-hybridized carbons (Fsp3) is 0.0714. The molecule has 1 heterocycles. The van der Waals surface area contributed by atoms with E-state index in [1.165, 1.54) is 0 Å². The van der Waals surface area contributed by atoms with Crippen LogP contribution in [0.15, 0.2) is 42.6 Å². The number of nitrogens with one attached hydrogen (secondary N) is 2. The number of aromatic nitrogens is 1. The first kappa shape index (κ1) is 13.5. The van der Waals surface area contributed by atoms with Crippen molar-refractivity contribution in [3.8, 4) is 0 Å². The first-order valence-corrected chi connectivity index (χ1v) is 5.96. The quantitative estimate of drug-likeness (QED) is 0.779. The summed E-state index contributed by atoms with van der Waals surface area (Å²) >= 11 is 0. The van der Waals surface area contributed by atoms with Gasteiger partial charge in [0.05, 0.1) is 5.56 Å². The van der Waals surface area contributed by atoms with Crippen LogP contribution in [0.3, 0.4) is 0 Å². The van der Waals surface area contributed by atoms with Crippen molar-refractivity contribution in [3.05, 3.63) is 53.7 Å². The zero-order valence-corrected chi connectivity index (χ0v) is 10.9. The number of nitrogens with zero attached hydrogens (tertiary/aromatic N) is 1. The maximum absolute atomic E-state index is 11.6. The summed E-state index contributed by atoms with van der Waals surface area (Å²) < 4.78 is 0. The third-order valence-corrected chi connectivity index (χ3v) is 2.69. The average Bonchev–Trinajstić information content (AvgIpc) is 2.47. The van der Waals surface area contributed by atoms with Gasteiger partial charge >= 0.3 is 0 Å². The van der Waals surface area contributed by atoms with Crippen molar-refractivity contribution >= 4 is 23.3 Å². The van der Waals surface area contributed by atoms with Gasteiger partial charge in [-0.1, -0.05) is 6.07 Å². The van der Waals surface area contributed by atoms with E-state index in [0.29, 0.717) is 17.1 Å². The van der Waals surface area contributed by atoms with E-state index in [1.54, 1.807) is 49.6 Å². The van der Waals surface area contributed by atoms with E-state index in [1.807, 2.05) is 0 Å². The summed E-state index contributed by atoms with van der Waals surface area (Å²) in [7, 11) is 1.56. The molecule has 6 nitrogen and oxygen atoms in total. The number of amides is 2. The number of hydrogen-bond donors (Lipinski definition) is 3. The van der Waals surface area contributed by atoms with Gasteiger partial charge in [0.2, 0.25) is 0 Å². The van der Waals surface area contributed by atoms with E-state index in [-0.39, 0.29) is 11.5 Å². The Morgan fingerprint density at radius 3 is 2.70 bits per heavy atom. The summed E-state index contributed by atoms with van der Waals surface area (Å²) in [6, 6.07) is 10.1. The fourth-order valence-electron chi connectivity index (χ4n) is 1.72. The SMILES string of the molecule is CNC(=O)c1cccc(Nc2ncccc2C(N)=O)c1. The molecule has 0 radical (unpaired) electrons. The van der Waals surface area contributed by atoms with Gasteiger partial charge in [-0.3, -0.25) is 9.59 Å². The molecule has 2 amide bonds. The Hall–Kier alpha value is -2.89. The standard InChI is InChI=1S/C14H14N4O2/c1-16-14(20)9-4-2-5-10(8-9)18-13-11(12(15)19)6-3-7-17-13/h2-8H,1H3,(H2,15,19)(H,16,20)(H,17,18). The number of carbonyl (C=O) groups excluding carboxylic acids is 2. The molecule has 0 aliphatic rings. The number of pyridine rings is 1. The van der Waals surface area contributed by atoms with E-state index in [4.69, 9.17) is 5.73 Å². The van der Waals surface area contributed by atoms with Gasteiger partial charge in [-0.2, -0.15) is 0 Å². The Balaban J connectivity index is 2.31. The Bertz CT molecular complexity index is 655. The van der Waals surface area contributed by atoms with Crippen LogP contribution in [0.25, 0.3) is 0 Å². The molecule has 0 fully saturated rings. The van der Waals surface area contributed by atoms with Crippen LogP contribution in [0.5, 0.6) is 0 Å². The molecule has 0 bridgehead atoms. The maximum Gasteiger partial charge on any atom is 0.252 e. The Labute approximate surface area is 116 Å². The maximum atomic E-state index is 11.6. The van der Waals surface area contributed by atoms with Crippen LogP contribution in [0.2, 0.25) is 0 Å². The number of nitrogens with two attached hydrogens (primary N) is 1. The lowest BCUT2D eigenvalue weighted by molar-refractivity contribution is 0.0961. The Morgan fingerprint density at radius 2 is 2.00 bits per heavy atom. The van der Waals surface area contributed by atoms with Crippen LogP contribution in [0.1, 0.15) is 20.7 Å². The summed E-state index contributed by atoms with van der Waals surface area (Å²) in [5.41, 5.74) is 6.73. The highest BCUT2D eigenvalue weighted by atomic mass is 16.1. The summed E-state index contributed by atoms with van der Waals surface area (Å²) in [6.45, 7) is 0. The van der Waals surface area contributed by atoms with E-state index in [9.17, 15) is 9.59 Å². The zero-order chi connectivity index (χ0) is 14.5. The molecule has 1 aromatic carbocycles. The lowest BCUT2D eigenvalue weighted by atomic mass is 10.2. The molecule has 2 rings (SSSR count). The molecule has 0 aliphatic carbocycles. The molecule has 4 N–H and O–H groups in total. The number of benzene rings is 1. The van der Waals surface area contributed by atoms with Gasteiger partial charge in [0.25, 0.3) is 11.8 Å². The van der Waals surface area contributed by atoms with E-state index in [0.717, 1.165) is 0 Å². The van der Waals surface area contributed by atoms with E-state index in [2.05, 4.69) is 15.6 Å². The highest BCUT2D eigenvalue weighted by Gasteiger charge is 2.10. The lowest BCUT2D eigenvalue weighted by Gasteiger charge is -2.09. The van der Waals surface area contributed by atoms with Gasteiger partial charge in [0.1, 0.15) is 5.82 Å². The lowest BCUT2D eigenvalue weighted by Crippen LogP contribution is -2.18. The molecule has 2 aromatic rings. The number of hydrogen-bond acceptors (Lipinski definition) is 4. The molecular weight excluding hydrogens is 256 g/mol. The molecule has 0 saturated carbocycles. The van der Waals surface area contributed by atoms with Gasteiger partial charge in [0.15, 0.2) is 0 Å². The molecule has 102 valence electrons. The molecule has 20 heavy (non-hydrogen) atoms. The molecule has 6 heteroatoms. The third-order valence-electron chi connectivity index (χ3n) is 2.69. The number of carbonyl (C=O) groups is 2. The predicted octanol–water partition coefficient (Wildman–Crippen LogP) is 1.28. The highest BCUT2D eigenvalue weighted by Crippen LogP contribution is 2.19. The van der Waals surface area contributed by atoms with Crippen molar-refractivity contribution in [3.63, 3.8) is 0 Å². The molecule has 0 unspecified atom stereocenters. The van der Waals surface area contributed by atoms with Crippen LogP contribution in [-0.2, 0) is 0 Å². The van der Waals surface area contributed by atoms with Crippen molar-refractivity contribution in [1.82, 2.24) is 10.3 Å². The minimum absolute atomic E-state index is 0.190. The van der Waals surface area contributed by atoms with Gasteiger partial charge in [-0.05, 0) is 30.3 Å². The van der Waals surface area contributed by atoms with Gasteiger partial charge < -0.3 is 16.4 Å². The largest absolute Gasteiger partial charge is 0.365 e. The first-order chi connectivity index (χ1) is 9.61. The number of rotatable bonds is 4. The molecule has 1 aromatic heterocycles. The summed E-state index contributed by atoms with van der Waals surface area (Å²) in [5, 5.41) is 5.53. The minimum Gasteiger partial charge on any atom is -0.365 e. The van der Waals surface area contributed by atoms with Crippen LogP contribution < -0.4 is 16.4 Å². The van der Waals surface area contributed by atoms with Crippen LogP contribution in [0, 0.1) is 0 Å². The molecule has 0 aliphatic heterocycles. The van der Waals surface area contributed by atoms with Crippen LogP contribution in [-0.4, -0.2) is 23.8 Å². The topological polar surface area (TPSA) is 97.1 Å². The molecular formula is C14H14N4O2. The predicted molar refractivity (Wildman–Crippen MR) is 75.9 cm³/mol. The molecule has 0 saturated heterocycles. The summed E-state index contributed by atoms with van der Waals surface area (Å²) in [6.07, 6.45) is 1.55. The van der Waals surface area contributed by atoms with Crippen molar-refractivity contribution < 1.29 is 9.59 Å². The van der Waals surface area contributed by atoms with E-state index < -0.39 is 5.91 Å². The Kier molecular flexibility index (Phi) is 3.95. The zero-order valence-electron chi connectivity index (χ0n) is 10.9. The second-order valence-corrected chi connectivity index (χ2v) is 4.05. The second kappa shape index (κ2) is 5.83.